The molecule has 110 valence electrons. The summed E-state index contributed by atoms with van der Waals surface area (Å²) in [5.74, 6) is -0.0139. The van der Waals surface area contributed by atoms with Crippen molar-refractivity contribution in [2.75, 3.05) is 7.11 Å². The molecule has 0 aliphatic rings. The largest absolute Gasteiger partial charge is 0.496 e. The molecule has 0 saturated heterocycles. The zero-order valence-electron chi connectivity index (χ0n) is 10.8. The highest BCUT2D eigenvalue weighted by Crippen LogP contribution is 2.34. The molecule has 20 heavy (non-hydrogen) atoms. The fraction of sp³-hybridized carbons (Fsp3) is 0.250. The fourth-order valence-electron chi connectivity index (χ4n) is 1.51. The van der Waals surface area contributed by atoms with Gasteiger partial charge >= 0.3 is 6.18 Å². The van der Waals surface area contributed by atoms with Crippen LogP contribution in [0.5, 0.6) is 5.75 Å². The first-order valence-corrected chi connectivity index (χ1v) is 5.76. The second-order valence-electron chi connectivity index (χ2n) is 3.85. The summed E-state index contributed by atoms with van der Waals surface area (Å²) in [6.45, 7) is 1.53. The second kappa shape index (κ2) is 6.04. The molecule has 8 heteroatoms. The Morgan fingerprint density at radius 2 is 1.90 bits per heavy atom. The van der Waals surface area contributed by atoms with E-state index >= 15 is 0 Å². The number of nitrogens with zero attached hydrogens (tertiary/aromatic N) is 1. The topological polar surface area (TPSA) is 73.6 Å². The Bertz CT molecular complexity index is 564. The number of hydrogen-bond donors (Lipinski definition) is 2. The van der Waals surface area contributed by atoms with E-state index in [9.17, 15) is 13.2 Å². The summed E-state index contributed by atoms with van der Waals surface area (Å²) in [5.41, 5.74) is 10.9. The first-order valence-electron chi connectivity index (χ1n) is 5.38. The van der Waals surface area contributed by atoms with E-state index < -0.39 is 11.7 Å². The van der Waals surface area contributed by atoms with Crippen LogP contribution in [0.2, 0.25) is 0 Å². The van der Waals surface area contributed by atoms with Gasteiger partial charge in [-0.25, -0.2) is 4.99 Å². The number of benzene rings is 1. The van der Waals surface area contributed by atoms with Crippen LogP contribution in [-0.2, 0) is 6.18 Å². The van der Waals surface area contributed by atoms with Gasteiger partial charge < -0.3 is 16.2 Å². The van der Waals surface area contributed by atoms with Crippen molar-refractivity contribution in [2.45, 2.75) is 13.1 Å². The van der Waals surface area contributed by atoms with Gasteiger partial charge in [0.1, 0.15) is 5.75 Å². The minimum atomic E-state index is -4.46. The van der Waals surface area contributed by atoms with E-state index in [1.807, 2.05) is 0 Å². The monoisotopic (exact) mass is 307 g/mol. The van der Waals surface area contributed by atoms with E-state index in [2.05, 4.69) is 4.99 Å². The molecule has 1 aromatic carbocycles. The number of allylic oxidation sites excluding steroid dienone is 1. The highest BCUT2D eigenvalue weighted by atomic mass is 35.5. The van der Waals surface area contributed by atoms with Crippen molar-refractivity contribution < 1.29 is 17.9 Å². The van der Waals surface area contributed by atoms with E-state index in [1.54, 1.807) is 0 Å². The van der Waals surface area contributed by atoms with Crippen LogP contribution in [0, 0.1) is 0 Å². The molecule has 0 heterocycles. The van der Waals surface area contributed by atoms with Crippen molar-refractivity contribution in [3.63, 3.8) is 0 Å². The lowest BCUT2D eigenvalue weighted by molar-refractivity contribution is -0.137. The standard InChI is InChI=1S/C12H13ClF3N3O/c1-6(19-11(13)18)10(17)8-4-3-7(12(14,15)16)5-9(8)20-2/h3-5H,17H2,1-2H3,(H2,18,19)/b10-6-. The molecular weight excluding hydrogens is 295 g/mol. The van der Waals surface area contributed by atoms with Crippen molar-refractivity contribution in [1.29, 1.82) is 0 Å². The maximum absolute atomic E-state index is 12.6. The van der Waals surface area contributed by atoms with E-state index in [1.165, 1.54) is 20.1 Å². The Balaban J connectivity index is 3.37. The Morgan fingerprint density at radius 3 is 2.35 bits per heavy atom. The van der Waals surface area contributed by atoms with Gasteiger partial charge in [-0.15, -0.1) is 0 Å². The summed E-state index contributed by atoms with van der Waals surface area (Å²) in [4.78, 5) is 3.74. The minimum absolute atomic E-state index is 0.0139. The lowest BCUT2D eigenvalue weighted by atomic mass is 10.1. The van der Waals surface area contributed by atoms with Crippen molar-refractivity contribution >= 4 is 22.6 Å². The SMILES string of the molecule is COc1cc(C(F)(F)F)ccc1/C(N)=C(\C)N=C(N)Cl. The number of hydrogen-bond acceptors (Lipinski definition) is 3. The third-order valence-corrected chi connectivity index (χ3v) is 2.57. The van der Waals surface area contributed by atoms with Gasteiger partial charge in [-0.3, -0.25) is 0 Å². The third-order valence-electron chi connectivity index (χ3n) is 2.48. The first-order chi connectivity index (χ1) is 9.16. The Morgan fingerprint density at radius 1 is 1.30 bits per heavy atom. The van der Waals surface area contributed by atoms with Crippen LogP contribution >= 0.6 is 11.6 Å². The normalized spacial score (nSPS) is 14.0. The van der Waals surface area contributed by atoms with Gasteiger partial charge in [-0.2, -0.15) is 13.2 Å². The van der Waals surface area contributed by atoms with Gasteiger partial charge in [0.05, 0.1) is 24.1 Å². The maximum atomic E-state index is 12.6. The number of methoxy groups -OCH3 is 1. The van der Waals surface area contributed by atoms with Crippen LogP contribution in [0.1, 0.15) is 18.1 Å². The molecule has 0 atom stereocenters. The van der Waals surface area contributed by atoms with Gasteiger partial charge in [0.2, 0.25) is 0 Å². The molecule has 0 aromatic heterocycles. The average molecular weight is 308 g/mol. The molecule has 4 nitrogen and oxygen atoms in total. The Kier molecular flexibility index (Phi) is 4.88. The van der Waals surface area contributed by atoms with Crippen LogP contribution in [-0.4, -0.2) is 12.4 Å². The lowest BCUT2D eigenvalue weighted by Crippen LogP contribution is -2.08. The quantitative estimate of drug-likeness (QED) is 0.512. The van der Waals surface area contributed by atoms with E-state index in [-0.39, 0.29) is 28.0 Å². The number of nitrogens with two attached hydrogens (primary N) is 2. The number of alkyl halides is 3. The summed E-state index contributed by atoms with van der Waals surface area (Å²) < 4.78 is 42.8. The lowest BCUT2D eigenvalue weighted by Gasteiger charge is -2.13. The van der Waals surface area contributed by atoms with Gasteiger partial charge in [-0.05, 0) is 36.7 Å². The number of ether oxygens (including phenoxy) is 1. The summed E-state index contributed by atoms with van der Waals surface area (Å²) in [5, 5.41) is -0.226. The fourth-order valence-corrected chi connectivity index (χ4v) is 1.63. The molecular formula is C12H13ClF3N3O. The van der Waals surface area contributed by atoms with Crippen molar-refractivity contribution in [1.82, 2.24) is 0 Å². The molecule has 0 fully saturated rings. The second-order valence-corrected chi connectivity index (χ2v) is 4.23. The molecule has 4 N–H and O–H groups in total. The highest BCUT2D eigenvalue weighted by molar-refractivity contribution is 6.64. The van der Waals surface area contributed by atoms with E-state index in [0.717, 1.165) is 12.1 Å². The zero-order chi connectivity index (χ0) is 15.5. The molecule has 1 aromatic rings. The van der Waals surface area contributed by atoms with Gasteiger partial charge in [0.15, 0.2) is 5.29 Å². The zero-order valence-corrected chi connectivity index (χ0v) is 11.5. The van der Waals surface area contributed by atoms with Crippen LogP contribution in [0.25, 0.3) is 5.70 Å². The summed E-state index contributed by atoms with van der Waals surface area (Å²) in [6.07, 6.45) is -4.46. The number of halogens is 4. The summed E-state index contributed by atoms with van der Waals surface area (Å²) >= 11 is 5.42. The first kappa shape index (κ1) is 16.2. The van der Waals surface area contributed by atoms with Crippen molar-refractivity contribution in [3.05, 3.63) is 35.0 Å². The highest BCUT2D eigenvalue weighted by Gasteiger charge is 2.31. The Hall–Kier alpha value is -1.89. The van der Waals surface area contributed by atoms with E-state index in [4.69, 9.17) is 27.8 Å². The van der Waals surface area contributed by atoms with E-state index in [0.29, 0.717) is 0 Å². The molecule has 0 amide bonds. The Labute approximate surface area is 118 Å². The van der Waals surface area contributed by atoms with Crippen LogP contribution in [0.3, 0.4) is 0 Å². The van der Waals surface area contributed by atoms with Crippen molar-refractivity contribution in [3.8, 4) is 5.75 Å². The molecule has 0 bridgehead atoms. The molecule has 0 aliphatic carbocycles. The predicted octanol–water partition coefficient (Wildman–Crippen LogP) is 2.91. The van der Waals surface area contributed by atoms with Crippen molar-refractivity contribution in [2.24, 2.45) is 16.5 Å². The van der Waals surface area contributed by atoms with Gasteiger partial charge in [0, 0.05) is 5.56 Å². The smallest absolute Gasteiger partial charge is 0.416 e. The third kappa shape index (κ3) is 3.80. The number of aliphatic imine (C=N–C) groups is 1. The molecule has 0 radical (unpaired) electrons. The predicted molar refractivity (Wildman–Crippen MR) is 72.3 cm³/mol. The summed E-state index contributed by atoms with van der Waals surface area (Å²) in [6, 6.07) is 2.98. The van der Waals surface area contributed by atoms with Gasteiger partial charge in [-0.1, -0.05) is 0 Å². The van der Waals surface area contributed by atoms with Gasteiger partial charge in [0.25, 0.3) is 0 Å². The number of amidine groups is 1. The van der Waals surface area contributed by atoms with Crippen LogP contribution in [0.4, 0.5) is 13.2 Å². The molecule has 0 unspecified atom stereocenters. The molecule has 0 spiro atoms. The molecule has 0 saturated carbocycles. The van der Waals surface area contributed by atoms with Crippen LogP contribution < -0.4 is 16.2 Å². The maximum Gasteiger partial charge on any atom is 0.416 e. The summed E-state index contributed by atoms with van der Waals surface area (Å²) in [7, 11) is 1.25. The molecule has 0 aliphatic heterocycles. The minimum Gasteiger partial charge on any atom is -0.496 e. The van der Waals surface area contributed by atoms with Crippen LogP contribution in [0.15, 0.2) is 28.9 Å². The average Bonchev–Trinajstić information content (AvgIpc) is 2.35. The number of rotatable bonds is 3. The molecule has 1 rings (SSSR count).